The van der Waals surface area contributed by atoms with E-state index >= 15 is 0 Å². The molecule has 2 N–H and O–H groups in total. The van der Waals surface area contributed by atoms with E-state index in [1.807, 2.05) is 13.8 Å². The second-order valence-electron chi connectivity index (χ2n) is 5.42. The van der Waals surface area contributed by atoms with Crippen LogP contribution in [0.15, 0.2) is 0 Å². The maximum Gasteiger partial charge on any atom is 0.302 e. The predicted octanol–water partition coefficient (Wildman–Crippen LogP) is 0.119. The van der Waals surface area contributed by atoms with Crippen molar-refractivity contribution in [2.45, 2.75) is 20.3 Å². The average Bonchev–Trinajstić information content (AvgIpc) is 2.43. The number of halogens is 1. The van der Waals surface area contributed by atoms with Gasteiger partial charge in [0.2, 0.25) is 5.91 Å². The average molecular weight is 266 g/mol. The summed E-state index contributed by atoms with van der Waals surface area (Å²) in [4.78, 5) is 13.2. The molecule has 1 unspecified atom stereocenters. The second-order valence-corrected chi connectivity index (χ2v) is 6.83. The molecule has 0 aromatic rings. The number of hydrogen-bond acceptors (Lipinski definition) is 4. The quantitative estimate of drug-likeness (QED) is 0.717. The molecule has 1 atom stereocenters. The summed E-state index contributed by atoms with van der Waals surface area (Å²) in [5.74, 6) is -1.13. The lowest BCUT2D eigenvalue weighted by Gasteiger charge is -2.29. The zero-order valence-corrected chi connectivity index (χ0v) is 11.0. The van der Waals surface area contributed by atoms with Crippen LogP contribution in [0.3, 0.4) is 0 Å². The summed E-state index contributed by atoms with van der Waals surface area (Å²) in [6.45, 7) is 5.07. The van der Waals surface area contributed by atoms with Crippen molar-refractivity contribution in [2.75, 3.05) is 25.4 Å². The Morgan fingerprint density at radius 1 is 1.53 bits per heavy atom. The Bertz CT molecular complexity index is 394. The van der Waals surface area contributed by atoms with Crippen molar-refractivity contribution in [1.82, 2.24) is 4.90 Å². The minimum Gasteiger partial charge on any atom is -0.342 e. The normalized spacial score (nSPS) is 22.2. The lowest BCUT2D eigenvalue weighted by Crippen LogP contribution is -2.39. The van der Waals surface area contributed by atoms with E-state index < -0.39 is 21.9 Å². The molecule has 1 aliphatic rings. The van der Waals surface area contributed by atoms with E-state index in [-0.39, 0.29) is 17.7 Å². The van der Waals surface area contributed by atoms with Crippen LogP contribution in [-0.2, 0) is 15.0 Å². The van der Waals surface area contributed by atoms with Crippen molar-refractivity contribution in [3.05, 3.63) is 0 Å². The van der Waals surface area contributed by atoms with Gasteiger partial charge in [-0.15, -0.1) is 3.89 Å². The molecule has 0 saturated carbocycles. The largest absolute Gasteiger partial charge is 0.342 e. The van der Waals surface area contributed by atoms with Crippen molar-refractivity contribution in [2.24, 2.45) is 17.1 Å². The van der Waals surface area contributed by atoms with Crippen LogP contribution >= 0.6 is 0 Å². The summed E-state index contributed by atoms with van der Waals surface area (Å²) in [6.07, 6.45) is 0.101. The maximum atomic E-state index is 12.5. The summed E-state index contributed by atoms with van der Waals surface area (Å²) in [5.41, 5.74) is 5.36. The highest BCUT2D eigenvalue weighted by Gasteiger charge is 2.35. The number of rotatable bonds is 5. The Balaban J connectivity index is 2.59. The molecule has 17 heavy (non-hydrogen) atoms. The van der Waals surface area contributed by atoms with Crippen molar-refractivity contribution in [3.63, 3.8) is 0 Å². The second kappa shape index (κ2) is 4.89. The van der Waals surface area contributed by atoms with Gasteiger partial charge in [0.15, 0.2) is 0 Å². The van der Waals surface area contributed by atoms with E-state index in [4.69, 9.17) is 5.73 Å². The summed E-state index contributed by atoms with van der Waals surface area (Å²) >= 11 is 0. The van der Waals surface area contributed by atoms with Crippen LogP contribution < -0.4 is 5.73 Å². The maximum absolute atomic E-state index is 12.5. The zero-order valence-electron chi connectivity index (χ0n) is 10.1. The summed E-state index contributed by atoms with van der Waals surface area (Å²) in [5, 5.41) is 0. The third-order valence-corrected chi connectivity index (χ3v) is 3.77. The fourth-order valence-corrected chi connectivity index (χ4v) is 2.77. The topological polar surface area (TPSA) is 80.5 Å². The third kappa shape index (κ3) is 4.59. The highest BCUT2D eigenvalue weighted by molar-refractivity contribution is 7.86. The van der Waals surface area contributed by atoms with E-state index in [1.165, 1.54) is 0 Å². The Morgan fingerprint density at radius 2 is 2.12 bits per heavy atom. The fourth-order valence-electron chi connectivity index (χ4n) is 1.98. The van der Waals surface area contributed by atoms with Crippen LogP contribution in [0.2, 0.25) is 0 Å². The molecule has 0 bridgehead atoms. The molecule has 100 valence electrons. The first kappa shape index (κ1) is 14.4. The molecule has 1 fully saturated rings. The molecule has 7 heteroatoms. The lowest BCUT2D eigenvalue weighted by atomic mass is 9.93. The SMILES string of the molecule is CC(C)(CN)CN1CC(CS(=O)(=O)F)CC1=O. The summed E-state index contributed by atoms with van der Waals surface area (Å²) in [7, 11) is -4.51. The highest BCUT2D eigenvalue weighted by Crippen LogP contribution is 2.24. The van der Waals surface area contributed by atoms with Crippen molar-refractivity contribution < 1.29 is 17.1 Å². The molecule has 1 aliphatic heterocycles. The monoisotopic (exact) mass is 266 g/mol. The van der Waals surface area contributed by atoms with Crippen LogP contribution in [-0.4, -0.2) is 44.6 Å². The van der Waals surface area contributed by atoms with Crippen LogP contribution in [0.1, 0.15) is 20.3 Å². The Kier molecular flexibility index (Phi) is 4.14. The number of nitrogens with zero attached hydrogens (tertiary/aromatic N) is 1. The van der Waals surface area contributed by atoms with Crippen molar-refractivity contribution in [3.8, 4) is 0 Å². The first-order chi connectivity index (χ1) is 7.63. The van der Waals surface area contributed by atoms with E-state index in [0.29, 0.717) is 19.6 Å². The van der Waals surface area contributed by atoms with E-state index in [0.717, 1.165) is 0 Å². The van der Waals surface area contributed by atoms with Gasteiger partial charge in [-0.3, -0.25) is 4.79 Å². The van der Waals surface area contributed by atoms with E-state index in [2.05, 4.69) is 0 Å². The fraction of sp³-hybridized carbons (Fsp3) is 0.900. The van der Waals surface area contributed by atoms with Crippen LogP contribution in [0.5, 0.6) is 0 Å². The smallest absolute Gasteiger partial charge is 0.302 e. The Labute approximate surface area is 101 Å². The molecule has 0 radical (unpaired) electrons. The van der Waals surface area contributed by atoms with Gasteiger partial charge in [-0.2, -0.15) is 8.42 Å². The molecule has 0 aliphatic carbocycles. The van der Waals surface area contributed by atoms with Gasteiger partial charge in [0, 0.05) is 25.4 Å². The van der Waals surface area contributed by atoms with E-state index in [9.17, 15) is 17.1 Å². The summed E-state index contributed by atoms with van der Waals surface area (Å²) in [6, 6.07) is 0. The van der Waals surface area contributed by atoms with Crippen LogP contribution in [0, 0.1) is 11.3 Å². The van der Waals surface area contributed by atoms with Gasteiger partial charge < -0.3 is 10.6 Å². The van der Waals surface area contributed by atoms with Gasteiger partial charge in [-0.05, 0) is 12.0 Å². The molecule has 0 aromatic heterocycles. The first-order valence-corrected chi connectivity index (χ1v) is 7.08. The zero-order chi connectivity index (χ0) is 13.3. The Morgan fingerprint density at radius 3 is 2.59 bits per heavy atom. The number of carbonyl (C=O) groups is 1. The molecule has 1 saturated heterocycles. The van der Waals surface area contributed by atoms with E-state index in [1.54, 1.807) is 4.90 Å². The Hall–Kier alpha value is -0.690. The van der Waals surface area contributed by atoms with Gasteiger partial charge in [0.25, 0.3) is 0 Å². The number of likely N-dealkylation sites (tertiary alicyclic amines) is 1. The molecular formula is C10H19FN2O3S. The van der Waals surface area contributed by atoms with Gasteiger partial charge in [-0.25, -0.2) is 0 Å². The third-order valence-electron chi connectivity index (χ3n) is 2.90. The van der Waals surface area contributed by atoms with Gasteiger partial charge in [0.1, 0.15) is 0 Å². The summed E-state index contributed by atoms with van der Waals surface area (Å²) < 4.78 is 33.6. The minimum absolute atomic E-state index is 0.101. The molecule has 1 amide bonds. The molecule has 0 spiro atoms. The number of hydrogen-bond donors (Lipinski definition) is 1. The minimum atomic E-state index is -4.51. The molecule has 1 heterocycles. The van der Waals surface area contributed by atoms with Gasteiger partial charge >= 0.3 is 10.2 Å². The molecular weight excluding hydrogens is 247 g/mol. The van der Waals surface area contributed by atoms with Gasteiger partial charge in [0.05, 0.1) is 5.75 Å². The predicted molar refractivity (Wildman–Crippen MR) is 62.4 cm³/mol. The number of nitrogens with two attached hydrogens (primary N) is 1. The molecule has 1 rings (SSSR count). The molecule has 5 nitrogen and oxygen atoms in total. The standard InChI is InChI=1S/C10H19FN2O3S/c1-10(2,6-12)7-13-4-8(3-9(13)14)5-17(11,15)16/h8H,3-7,12H2,1-2H3. The number of carbonyl (C=O) groups excluding carboxylic acids is 1. The molecule has 0 aromatic carbocycles. The van der Waals surface area contributed by atoms with Crippen molar-refractivity contribution in [1.29, 1.82) is 0 Å². The van der Waals surface area contributed by atoms with Crippen molar-refractivity contribution >= 4 is 16.1 Å². The first-order valence-electron chi connectivity index (χ1n) is 5.53. The van der Waals surface area contributed by atoms with Gasteiger partial charge in [-0.1, -0.05) is 13.8 Å². The lowest BCUT2D eigenvalue weighted by molar-refractivity contribution is -0.128. The van der Waals surface area contributed by atoms with Crippen LogP contribution in [0.4, 0.5) is 3.89 Å². The van der Waals surface area contributed by atoms with Crippen LogP contribution in [0.25, 0.3) is 0 Å². The highest BCUT2D eigenvalue weighted by atomic mass is 32.3. The number of amides is 1.